The fourth-order valence-corrected chi connectivity index (χ4v) is 2.59. The van der Waals surface area contributed by atoms with Crippen molar-refractivity contribution in [3.8, 4) is 11.5 Å². The van der Waals surface area contributed by atoms with Crippen molar-refractivity contribution in [2.75, 3.05) is 12.9 Å². The molecule has 1 aromatic rings. The number of hydrogen-bond acceptors (Lipinski definition) is 7. The molecule has 0 saturated carbocycles. The molecule has 1 rings (SSSR count). The molecule has 0 radical (unpaired) electrons. The van der Waals surface area contributed by atoms with E-state index in [-0.39, 0.29) is 15.1 Å². The number of aromatic hydroxyl groups is 2. The van der Waals surface area contributed by atoms with Crippen molar-refractivity contribution < 1.29 is 24.7 Å². The zero-order valence-corrected chi connectivity index (χ0v) is 11.4. The van der Waals surface area contributed by atoms with Crippen LogP contribution in [0.4, 0.5) is 5.69 Å². The number of hydrogen-bond donors (Lipinski definition) is 2. The predicted molar refractivity (Wildman–Crippen MR) is 66.9 cm³/mol. The molecule has 0 heterocycles. The number of phenolic OH excluding ortho intramolecular Hbond substituents is 2. The van der Waals surface area contributed by atoms with E-state index < -0.39 is 28.1 Å². The molecule has 2 N–H and O–H groups in total. The fourth-order valence-electron chi connectivity index (χ4n) is 1.10. The number of esters is 1. The highest BCUT2D eigenvalue weighted by Crippen LogP contribution is 2.46. The Hall–Kier alpha value is -1.48. The summed E-state index contributed by atoms with van der Waals surface area (Å²) in [6, 6.07) is 1.01. The second-order valence-electron chi connectivity index (χ2n) is 3.03. The summed E-state index contributed by atoms with van der Waals surface area (Å²) in [4.78, 5) is 20.8. The molecule has 0 amide bonds. The Labute approximate surface area is 114 Å². The lowest BCUT2D eigenvalue weighted by atomic mass is 10.3. The molecule has 0 aliphatic rings. The van der Waals surface area contributed by atoms with Crippen LogP contribution in [0.3, 0.4) is 0 Å². The van der Waals surface area contributed by atoms with Crippen LogP contribution in [0, 0.1) is 10.1 Å². The van der Waals surface area contributed by atoms with E-state index in [4.69, 9.17) is 0 Å². The first-order valence-corrected chi connectivity index (χ1v) is 6.24. The number of nitro benzene ring substituents is 1. The van der Waals surface area contributed by atoms with Crippen molar-refractivity contribution >= 4 is 39.3 Å². The Bertz CT molecular complexity index is 506. The molecule has 0 aromatic heterocycles. The van der Waals surface area contributed by atoms with Crippen molar-refractivity contribution in [2.24, 2.45) is 0 Å². The fraction of sp³-hybridized carbons (Fsp3) is 0.222. The third-order valence-electron chi connectivity index (χ3n) is 1.91. The highest BCUT2D eigenvalue weighted by molar-refractivity contribution is 9.10. The van der Waals surface area contributed by atoms with Gasteiger partial charge in [-0.1, -0.05) is 0 Å². The van der Waals surface area contributed by atoms with Gasteiger partial charge in [0.15, 0.2) is 11.5 Å². The molecule has 0 bridgehead atoms. The zero-order chi connectivity index (χ0) is 13.9. The maximum absolute atomic E-state index is 11.0. The predicted octanol–water partition coefficient (Wildman–Crippen LogP) is 2.03. The number of phenols is 2. The van der Waals surface area contributed by atoms with Gasteiger partial charge in [0.25, 0.3) is 0 Å². The van der Waals surface area contributed by atoms with Crippen LogP contribution in [0.15, 0.2) is 15.4 Å². The number of rotatable bonds is 4. The number of carbonyl (C=O) groups is 1. The standard InChI is InChI=1S/C9H8BrNO6S/c1-17-6(13)3-18-9-7(11(15)16)5(12)2-4(10)8(9)14/h2,12,14H,3H2,1H3. The maximum atomic E-state index is 11.0. The first-order chi connectivity index (χ1) is 8.38. The van der Waals surface area contributed by atoms with Crippen LogP contribution in [-0.4, -0.2) is 34.0 Å². The third-order valence-corrected chi connectivity index (χ3v) is 3.57. The molecule has 0 aliphatic carbocycles. The highest BCUT2D eigenvalue weighted by Gasteiger charge is 2.26. The first kappa shape index (κ1) is 14.6. The quantitative estimate of drug-likeness (QED) is 0.284. The summed E-state index contributed by atoms with van der Waals surface area (Å²) < 4.78 is 4.48. The molecule has 0 fully saturated rings. The van der Waals surface area contributed by atoms with E-state index in [1.54, 1.807) is 0 Å². The summed E-state index contributed by atoms with van der Waals surface area (Å²) in [5.74, 6) is -1.83. The van der Waals surface area contributed by atoms with Crippen LogP contribution in [-0.2, 0) is 9.53 Å². The van der Waals surface area contributed by atoms with Gasteiger partial charge in [-0.25, -0.2) is 0 Å². The van der Waals surface area contributed by atoms with Gasteiger partial charge in [0.2, 0.25) is 0 Å². The lowest BCUT2D eigenvalue weighted by Crippen LogP contribution is -2.03. The highest BCUT2D eigenvalue weighted by atomic mass is 79.9. The molecular weight excluding hydrogens is 330 g/mol. The molecule has 7 nitrogen and oxygen atoms in total. The van der Waals surface area contributed by atoms with Crippen LogP contribution in [0.2, 0.25) is 0 Å². The summed E-state index contributed by atoms with van der Waals surface area (Å²) in [7, 11) is 1.18. The van der Waals surface area contributed by atoms with Crippen LogP contribution in [0.1, 0.15) is 0 Å². The average molecular weight is 338 g/mol. The second kappa shape index (κ2) is 5.91. The molecular formula is C9H8BrNO6S. The number of nitro groups is 1. The van der Waals surface area contributed by atoms with Gasteiger partial charge in [-0.2, -0.15) is 0 Å². The van der Waals surface area contributed by atoms with Gasteiger partial charge < -0.3 is 14.9 Å². The minimum Gasteiger partial charge on any atom is -0.505 e. The largest absolute Gasteiger partial charge is 0.505 e. The monoisotopic (exact) mass is 337 g/mol. The molecule has 0 atom stereocenters. The van der Waals surface area contributed by atoms with Gasteiger partial charge in [0, 0.05) is 6.07 Å². The SMILES string of the molecule is COC(=O)CSc1c(O)c(Br)cc(O)c1[N+](=O)[O-]. The summed E-state index contributed by atoms with van der Waals surface area (Å²) in [5.41, 5.74) is -0.649. The molecule has 0 aliphatic heterocycles. The lowest BCUT2D eigenvalue weighted by Gasteiger charge is -2.07. The van der Waals surface area contributed by atoms with E-state index in [1.165, 1.54) is 7.11 Å². The Balaban J connectivity index is 3.22. The average Bonchev–Trinajstić information content (AvgIpc) is 2.30. The molecule has 9 heteroatoms. The van der Waals surface area contributed by atoms with Crippen LogP contribution >= 0.6 is 27.7 Å². The van der Waals surface area contributed by atoms with Crippen LogP contribution < -0.4 is 0 Å². The number of nitrogens with zero attached hydrogens (tertiary/aromatic N) is 1. The number of halogens is 1. The van der Waals surface area contributed by atoms with Crippen LogP contribution in [0.5, 0.6) is 11.5 Å². The van der Waals surface area contributed by atoms with Crippen LogP contribution in [0.25, 0.3) is 0 Å². The lowest BCUT2D eigenvalue weighted by molar-refractivity contribution is -0.388. The smallest absolute Gasteiger partial charge is 0.327 e. The topological polar surface area (TPSA) is 110 Å². The number of thioether (sulfide) groups is 1. The molecule has 0 unspecified atom stereocenters. The van der Waals surface area contributed by atoms with E-state index >= 15 is 0 Å². The molecule has 18 heavy (non-hydrogen) atoms. The van der Waals surface area contributed by atoms with E-state index in [1.807, 2.05) is 0 Å². The summed E-state index contributed by atoms with van der Waals surface area (Å²) >= 11 is 3.65. The number of benzene rings is 1. The molecule has 0 spiro atoms. The van der Waals surface area contributed by atoms with Crippen molar-refractivity contribution in [3.63, 3.8) is 0 Å². The molecule has 0 saturated heterocycles. The van der Waals surface area contributed by atoms with Gasteiger partial charge in [0.05, 0.1) is 22.3 Å². The summed E-state index contributed by atoms with van der Waals surface area (Å²) in [6.07, 6.45) is 0. The first-order valence-electron chi connectivity index (χ1n) is 4.47. The Morgan fingerprint density at radius 1 is 1.61 bits per heavy atom. The normalized spacial score (nSPS) is 10.1. The zero-order valence-electron chi connectivity index (χ0n) is 9.05. The number of methoxy groups -OCH3 is 1. The number of carbonyl (C=O) groups excluding carboxylic acids is 1. The summed E-state index contributed by atoms with van der Waals surface area (Å²) in [6.45, 7) is 0. The molecule has 98 valence electrons. The second-order valence-corrected chi connectivity index (χ2v) is 4.87. The minimum absolute atomic E-state index is 0.0953. The Morgan fingerprint density at radius 3 is 2.72 bits per heavy atom. The van der Waals surface area contributed by atoms with E-state index in [9.17, 15) is 25.1 Å². The van der Waals surface area contributed by atoms with Gasteiger partial charge in [-0.3, -0.25) is 14.9 Å². The maximum Gasteiger partial charge on any atom is 0.327 e. The van der Waals surface area contributed by atoms with Crippen molar-refractivity contribution in [2.45, 2.75) is 4.90 Å². The van der Waals surface area contributed by atoms with E-state index in [0.717, 1.165) is 6.07 Å². The van der Waals surface area contributed by atoms with Gasteiger partial charge >= 0.3 is 11.7 Å². The van der Waals surface area contributed by atoms with Gasteiger partial charge in [-0.15, -0.1) is 11.8 Å². The van der Waals surface area contributed by atoms with E-state index in [0.29, 0.717) is 11.8 Å². The Kier molecular flexibility index (Phi) is 4.79. The summed E-state index contributed by atoms with van der Waals surface area (Å²) in [5, 5.41) is 30.0. The van der Waals surface area contributed by atoms with Crippen molar-refractivity contribution in [3.05, 3.63) is 20.7 Å². The Morgan fingerprint density at radius 2 is 2.22 bits per heavy atom. The molecule has 1 aromatic carbocycles. The van der Waals surface area contributed by atoms with Crippen molar-refractivity contribution in [1.82, 2.24) is 0 Å². The third kappa shape index (κ3) is 3.05. The van der Waals surface area contributed by atoms with Gasteiger partial charge in [-0.05, 0) is 15.9 Å². The van der Waals surface area contributed by atoms with Gasteiger partial charge in [0.1, 0.15) is 4.90 Å². The minimum atomic E-state index is -0.832. The number of ether oxygens (including phenoxy) is 1. The van der Waals surface area contributed by atoms with Crippen molar-refractivity contribution in [1.29, 1.82) is 0 Å². The van der Waals surface area contributed by atoms with E-state index in [2.05, 4.69) is 20.7 Å².